The summed E-state index contributed by atoms with van der Waals surface area (Å²) >= 11 is 12.2. The first kappa shape index (κ1) is 14.6. The van der Waals surface area contributed by atoms with Crippen LogP contribution in [0.3, 0.4) is 0 Å². The van der Waals surface area contributed by atoms with Crippen LogP contribution in [0.5, 0.6) is 0 Å². The Morgan fingerprint density at radius 3 is 2.74 bits per heavy atom. The Morgan fingerprint density at radius 2 is 2.11 bits per heavy atom. The van der Waals surface area contributed by atoms with Crippen LogP contribution >= 0.6 is 23.2 Å². The minimum atomic E-state index is 0.105. The van der Waals surface area contributed by atoms with Gasteiger partial charge in [-0.1, -0.05) is 29.3 Å². The number of amides is 1. The molecule has 19 heavy (non-hydrogen) atoms. The fourth-order valence-corrected chi connectivity index (χ4v) is 3.01. The van der Waals surface area contributed by atoms with E-state index in [1.165, 1.54) is 0 Å². The molecule has 5 heteroatoms. The van der Waals surface area contributed by atoms with Gasteiger partial charge >= 0.3 is 0 Å². The van der Waals surface area contributed by atoms with E-state index < -0.39 is 0 Å². The van der Waals surface area contributed by atoms with Gasteiger partial charge in [-0.05, 0) is 43.6 Å². The van der Waals surface area contributed by atoms with Crippen molar-refractivity contribution < 1.29 is 4.79 Å². The van der Waals surface area contributed by atoms with E-state index in [-0.39, 0.29) is 12.3 Å². The Balaban J connectivity index is 1.98. The number of likely N-dealkylation sites (tertiary alicyclic amines) is 1. The number of halogens is 2. The first-order valence-electron chi connectivity index (χ1n) is 6.47. The number of carbonyl (C=O) groups is 1. The zero-order valence-corrected chi connectivity index (χ0v) is 12.5. The van der Waals surface area contributed by atoms with Gasteiger partial charge in [0.15, 0.2) is 0 Å². The van der Waals surface area contributed by atoms with Crippen molar-refractivity contribution in [3.05, 3.63) is 33.8 Å². The van der Waals surface area contributed by atoms with Gasteiger partial charge in [0.05, 0.1) is 6.42 Å². The van der Waals surface area contributed by atoms with Crippen molar-refractivity contribution in [2.24, 2.45) is 5.92 Å². The lowest BCUT2D eigenvalue weighted by molar-refractivity contribution is -0.129. The highest BCUT2D eigenvalue weighted by molar-refractivity contribution is 6.36. The number of nitrogens with one attached hydrogen (secondary N) is 1. The average molecular weight is 301 g/mol. The second-order valence-corrected chi connectivity index (χ2v) is 5.74. The van der Waals surface area contributed by atoms with Crippen LogP contribution < -0.4 is 5.32 Å². The van der Waals surface area contributed by atoms with Gasteiger partial charge in [0.1, 0.15) is 0 Å². The third-order valence-electron chi connectivity index (χ3n) is 3.52. The van der Waals surface area contributed by atoms with Crippen LogP contribution in [-0.2, 0) is 11.2 Å². The van der Waals surface area contributed by atoms with Crippen molar-refractivity contribution >= 4 is 29.1 Å². The van der Waals surface area contributed by atoms with Gasteiger partial charge in [-0.3, -0.25) is 4.79 Å². The Labute approximate surface area is 123 Å². The molecule has 3 nitrogen and oxygen atoms in total. The molecular weight excluding hydrogens is 283 g/mol. The summed E-state index contributed by atoms with van der Waals surface area (Å²) < 4.78 is 0. The largest absolute Gasteiger partial charge is 0.342 e. The summed E-state index contributed by atoms with van der Waals surface area (Å²) in [5, 5.41) is 4.28. The summed E-state index contributed by atoms with van der Waals surface area (Å²) in [5.41, 5.74) is 0.730. The molecule has 1 aromatic carbocycles. The lowest BCUT2D eigenvalue weighted by Gasteiger charge is -2.17. The third kappa shape index (κ3) is 3.62. The van der Waals surface area contributed by atoms with E-state index in [0.717, 1.165) is 31.6 Å². The summed E-state index contributed by atoms with van der Waals surface area (Å²) in [6.45, 7) is 2.60. The van der Waals surface area contributed by atoms with Crippen LogP contribution in [0, 0.1) is 5.92 Å². The molecule has 1 amide bonds. The molecule has 1 aliphatic rings. The molecule has 0 bridgehead atoms. The highest BCUT2D eigenvalue weighted by Gasteiger charge is 2.26. The van der Waals surface area contributed by atoms with Crippen LogP contribution in [0.2, 0.25) is 10.0 Å². The molecule has 0 aromatic heterocycles. The van der Waals surface area contributed by atoms with Crippen molar-refractivity contribution in [3.8, 4) is 0 Å². The minimum absolute atomic E-state index is 0.105. The number of nitrogens with zero attached hydrogens (tertiary/aromatic N) is 1. The smallest absolute Gasteiger partial charge is 0.227 e. The van der Waals surface area contributed by atoms with E-state index >= 15 is 0 Å². The van der Waals surface area contributed by atoms with Gasteiger partial charge in [-0.2, -0.15) is 0 Å². The van der Waals surface area contributed by atoms with Crippen molar-refractivity contribution in [1.82, 2.24) is 10.2 Å². The molecule has 1 heterocycles. The summed E-state index contributed by atoms with van der Waals surface area (Å²) in [4.78, 5) is 14.2. The second kappa shape index (κ2) is 6.60. The van der Waals surface area contributed by atoms with Crippen LogP contribution in [-0.4, -0.2) is 37.5 Å². The number of hydrogen-bond donors (Lipinski definition) is 1. The predicted molar refractivity (Wildman–Crippen MR) is 78.8 cm³/mol. The third-order valence-corrected chi connectivity index (χ3v) is 4.23. The summed E-state index contributed by atoms with van der Waals surface area (Å²) in [6.07, 6.45) is 1.34. The van der Waals surface area contributed by atoms with Crippen LogP contribution in [0.15, 0.2) is 18.2 Å². The van der Waals surface area contributed by atoms with E-state index in [1.807, 2.05) is 11.9 Å². The second-order valence-electron chi connectivity index (χ2n) is 4.93. The highest BCUT2D eigenvalue weighted by atomic mass is 35.5. The molecule has 1 aliphatic heterocycles. The van der Waals surface area contributed by atoms with Crippen molar-refractivity contribution in [1.29, 1.82) is 0 Å². The molecular formula is C14H18Cl2N2O. The minimum Gasteiger partial charge on any atom is -0.342 e. The normalized spacial score (nSPS) is 18.9. The van der Waals surface area contributed by atoms with Crippen molar-refractivity contribution in [2.75, 3.05) is 26.7 Å². The van der Waals surface area contributed by atoms with E-state index in [0.29, 0.717) is 16.0 Å². The number of benzene rings is 1. The van der Waals surface area contributed by atoms with Gasteiger partial charge in [0.25, 0.3) is 0 Å². The summed E-state index contributed by atoms with van der Waals surface area (Å²) in [6, 6.07) is 5.32. The Morgan fingerprint density at radius 1 is 1.42 bits per heavy atom. The fraction of sp³-hybridized carbons (Fsp3) is 0.500. The summed E-state index contributed by atoms with van der Waals surface area (Å²) in [7, 11) is 1.94. The van der Waals surface area contributed by atoms with Gasteiger partial charge in [0, 0.05) is 23.1 Å². The SMILES string of the molecule is CNC[C@@H]1CCN(C(=O)Cc2c(Cl)cccc2Cl)C1. The molecule has 0 aliphatic carbocycles. The zero-order chi connectivity index (χ0) is 13.8. The first-order valence-corrected chi connectivity index (χ1v) is 7.22. The molecule has 0 spiro atoms. The maximum Gasteiger partial charge on any atom is 0.227 e. The monoisotopic (exact) mass is 300 g/mol. The molecule has 1 aromatic rings. The topological polar surface area (TPSA) is 32.3 Å². The van der Waals surface area contributed by atoms with Gasteiger partial charge in [-0.15, -0.1) is 0 Å². The molecule has 1 N–H and O–H groups in total. The Bertz CT molecular complexity index is 445. The quantitative estimate of drug-likeness (QED) is 0.927. The first-order chi connectivity index (χ1) is 9.11. The van der Waals surface area contributed by atoms with E-state index in [4.69, 9.17) is 23.2 Å². The van der Waals surface area contributed by atoms with Crippen molar-refractivity contribution in [2.45, 2.75) is 12.8 Å². The standard InChI is InChI=1S/C14H18Cl2N2O/c1-17-8-10-5-6-18(9-10)14(19)7-11-12(15)3-2-4-13(11)16/h2-4,10,17H,5-9H2,1H3/t10-/m0/s1. The number of carbonyl (C=O) groups excluding carboxylic acids is 1. The molecule has 0 unspecified atom stereocenters. The maximum atomic E-state index is 12.3. The fourth-order valence-electron chi connectivity index (χ4n) is 2.48. The molecule has 2 rings (SSSR count). The highest BCUT2D eigenvalue weighted by Crippen LogP contribution is 2.26. The predicted octanol–water partition coefficient (Wildman–Crippen LogP) is 2.60. The lowest BCUT2D eigenvalue weighted by Crippen LogP contribution is -2.31. The molecule has 0 radical (unpaired) electrons. The molecule has 1 atom stereocenters. The number of rotatable bonds is 4. The van der Waals surface area contributed by atoms with Gasteiger partial charge in [0.2, 0.25) is 5.91 Å². The van der Waals surface area contributed by atoms with Crippen LogP contribution in [0.25, 0.3) is 0 Å². The van der Waals surface area contributed by atoms with E-state index in [1.54, 1.807) is 18.2 Å². The van der Waals surface area contributed by atoms with Crippen LogP contribution in [0.4, 0.5) is 0 Å². The Kier molecular flexibility index (Phi) is 5.08. The number of hydrogen-bond acceptors (Lipinski definition) is 2. The van der Waals surface area contributed by atoms with E-state index in [9.17, 15) is 4.79 Å². The average Bonchev–Trinajstić information content (AvgIpc) is 2.83. The molecule has 1 fully saturated rings. The zero-order valence-electron chi connectivity index (χ0n) is 11.0. The van der Waals surface area contributed by atoms with Crippen LogP contribution in [0.1, 0.15) is 12.0 Å². The van der Waals surface area contributed by atoms with Gasteiger partial charge in [-0.25, -0.2) is 0 Å². The van der Waals surface area contributed by atoms with E-state index in [2.05, 4.69) is 5.32 Å². The summed E-state index contributed by atoms with van der Waals surface area (Å²) in [5.74, 6) is 0.657. The molecule has 104 valence electrons. The molecule has 1 saturated heterocycles. The molecule has 0 saturated carbocycles. The lowest BCUT2D eigenvalue weighted by atomic mass is 10.1. The Hall–Kier alpha value is -0.770. The van der Waals surface area contributed by atoms with Crippen molar-refractivity contribution in [3.63, 3.8) is 0 Å². The van der Waals surface area contributed by atoms with Gasteiger partial charge < -0.3 is 10.2 Å². The maximum absolute atomic E-state index is 12.3.